The molecule has 0 spiro atoms. The molecule has 120 valence electrons. The lowest BCUT2D eigenvalue weighted by Gasteiger charge is -2.19. The number of H-pyrrole nitrogens is 1. The van der Waals surface area contributed by atoms with E-state index in [9.17, 15) is 4.79 Å². The molecule has 1 aromatic heterocycles. The molecule has 1 heterocycles. The first kappa shape index (κ1) is 17.5. The lowest BCUT2D eigenvalue weighted by atomic mass is 10.1. The van der Waals surface area contributed by atoms with E-state index < -0.39 is 0 Å². The molecule has 0 aliphatic carbocycles. The van der Waals surface area contributed by atoms with Crippen molar-refractivity contribution in [3.05, 3.63) is 11.4 Å². The van der Waals surface area contributed by atoms with Crippen LogP contribution in [0, 0.1) is 0 Å². The predicted octanol–water partition coefficient (Wildman–Crippen LogP) is 1.79. The van der Waals surface area contributed by atoms with Crippen molar-refractivity contribution in [1.29, 1.82) is 0 Å². The Morgan fingerprint density at radius 2 is 2.05 bits per heavy atom. The fourth-order valence-corrected chi connectivity index (χ4v) is 2.35. The Hall–Kier alpha value is -1.56. The molecular formula is C15H29N5O. The summed E-state index contributed by atoms with van der Waals surface area (Å²) in [6.45, 7) is 11.5. The first-order valence-corrected chi connectivity index (χ1v) is 7.89. The average Bonchev–Trinajstić information content (AvgIpc) is 2.84. The van der Waals surface area contributed by atoms with E-state index >= 15 is 0 Å². The van der Waals surface area contributed by atoms with Crippen molar-refractivity contribution in [3.8, 4) is 0 Å². The minimum Gasteiger partial charge on any atom is -0.395 e. The van der Waals surface area contributed by atoms with Gasteiger partial charge in [-0.2, -0.15) is 5.10 Å². The molecule has 0 radical (unpaired) electrons. The monoisotopic (exact) mass is 295 g/mol. The lowest BCUT2D eigenvalue weighted by Crippen LogP contribution is -2.34. The Labute approximate surface area is 127 Å². The fraction of sp³-hybridized carbons (Fsp3) is 0.733. The number of aromatic nitrogens is 2. The number of aromatic amines is 1. The van der Waals surface area contributed by atoms with E-state index in [4.69, 9.17) is 5.73 Å². The summed E-state index contributed by atoms with van der Waals surface area (Å²) in [5.41, 5.74) is 7.49. The van der Waals surface area contributed by atoms with Gasteiger partial charge in [0.15, 0.2) is 5.69 Å². The summed E-state index contributed by atoms with van der Waals surface area (Å²) in [6.07, 6.45) is 2.76. The fourth-order valence-electron chi connectivity index (χ4n) is 2.35. The van der Waals surface area contributed by atoms with Gasteiger partial charge in [0.2, 0.25) is 0 Å². The van der Waals surface area contributed by atoms with Crippen molar-refractivity contribution >= 4 is 11.6 Å². The first-order valence-electron chi connectivity index (χ1n) is 7.89. The Morgan fingerprint density at radius 1 is 1.38 bits per heavy atom. The molecule has 0 saturated heterocycles. The molecular weight excluding hydrogens is 266 g/mol. The maximum absolute atomic E-state index is 12.1. The van der Waals surface area contributed by atoms with E-state index in [1.807, 2.05) is 13.8 Å². The molecule has 0 bridgehead atoms. The molecule has 6 heteroatoms. The molecule has 1 unspecified atom stereocenters. The molecule has 6 nitrogen and oxygen atoms in total. The van der Waals surface area contributed by atoms with Crippen LogP contribution in [0.2, 0.25) is 0 Å². The van der Waals surface area contributed by atoms with Crippen LogP contribution in [0.15, 0.2) is 0 Å². The Kier molecular flexibility index (Phi) is 7.22. The summed E-state index contributed by atoms with van der Waals surface area (Å²) >= 11 is 0. The average molecular weight is 295 g/mol. The van der Waals surface area contributed by atoms with Crippen molar-refractivity contribution in [2.45, 2.75) is 53.0 Å². The highest BCUT2D eigenvalue weighted by molar-refractivity contribution is 5.97. The summed E-state index contributed by atoms with van der Waals surface area (Å²) in [6, 6.07) is 0.120. The van der Waals surface area contributed by atoms with Crippen molar-refractivity contribution < 1.29 is 4.79 Å². The molecule has 0 aromatic carbocycles. The Bertz CT molecular complexity index is 439. The second-order valence-corrected chi connectivity index (χ2v) is 5.36. The number of nitrogens with two attached hydrogens (primary N) is 1. The number of anilines is 1. The third-order valence-corrected chi connectivity index (χ3v) is 3.83. The molecule has 1 aromatic rings. The van der Waals surface area contributed by atoms with Gasteiger partial charge >= 0.3 is 0 Å². The zero-order valence-corrected chi connectivity index (χ0v) is 13.7. The van der Waals surface area contributed by atoms with Crippen LogP contribution >= 0.6 is 0 Å². The van der Waals surface area contributed by atoms with E-state index in [0.29, 0.717) is 11.4 Å². The van der Waals surface area contributed by atoms with Gasteiger partial charge in [0.1, 0.15) is 0 Å². The second kappa shape index (κ2) is 8.67. The van der Waals surface area contributed by atoms with Crippen LogP contribution in [0.25, 0.3) is 0 Å². The van der Waals surface area contributed by atoms with Gasteiger partial charge in [0, 0.05) is 6.04 Å². The van der Waals surface area contributed by atoms with Gasteiger partial charge in [-0.15, -0.1) is 0 Å². The summed E-state index contributed by atoms with van der Waals surface area (Å²) < 4.78 is 0. The molecule has 21 heavy (non-hydrogen) atoms. The van der Waals surface area contributed by atoms with E-state index in [2.05, 4.69) is 34.3 Å². The zero-order valence-electron chi connectivity index (χ0n) is 13.7. The van der Waals surface area contributed by atoms with Crippen LogP contribution in [0.5, 0.6) is 0 Å². The highest BCUT2D eigenvalue weighted by Crippen LogP contribution is 2.14. The van der Waals surface area contributed by atoms with Crippen LogP contribution < -0.4 is 11.1 Å². The number of nitrogens with one attached hydrogen (secondary N) is 2. The minimum absolute atomic E-state index is 0.120. The van der Waals surface area contributed by atoms with Crippen LogP contribution in [-0.4, -0.2) is 46.7 Å². The van der Waals surface area contributed by atoms with E-state index in [0.717, 1.165) is 44.6 Å². The number of carbonyl (C=O) groups excluding carboxylic acids is 1. The Morgan fingerprint density at radius 3 is 2.57 bits per heavy atom. The highest BCUT2D eigenvalue weighted by atomic mass is 16.2. The predicted molar refractivity (Wildman–Crippen MR) is 86.3 cm³/mol. The van der Waals surface area contributed by atoms with Gasteiger partial charge in [-0.3, -0.25) is 9.89 Å². The number of amides is 1. The van der Waals surface area contributed by atoms with Gasteiger partial charge in [0.05, 0.1) is 11.4 Å². The van der Waals surface area contributed by atoms with E-state index in [1.165, 1.54) is 0 Å². The molecule has 1 atom stereocenters. The number of nitrogen functional groups attached to an aromatic ring is 1. The number of hydrogen-bond acceptors (Lipinski definition) is 4. The Balaban J connectivity index is 2.41. The number of hydrogen-bond donors (Lipinski definition) is 3. The number of carbonyl (C=O) groups is 1. The molecule has 1 amide bonds. The molecule has 4 N–H and O–H groups in total. The van der Waals surface area contributed by atoms with Crippen molar-refractivity contribution in [3.63, 3.8) is 0 Å². The van der Waals surface area contributed by atoms with Crippen molar-refractivity contribution in [2.75, 3.05) is 25.4 Å². The number of rotatable bonds is 9. The van der Waals surface area contributed by atoms with Crippen molar-refractivity contribution in [2.24, 2.45) is 0 Å². The summed E-state index contributed by atoms with van der Waals surface area (Å²) in [7, 11) is 0. The highest BCUT2D eigenvalue weighted by Gasteiger charge is 2.18. The third kappa shape index (κ3) is 5.04. The van der Waals surface area contributed by atoms with Crippen molar-refractivity contribution in [1.82, 2.24) is 20.4 Å². The maximum Gasteiger partial charge on any atom is 0.274 e. The third-order valence-electron chi connectivity index (χ3n) is 3.83. The van der Waals surface area contributed by atoms with Gasteiger partial charge < -0.3 is 16.0 Å². The van der Waals surface area contributed by atoms with Crippen LogP contribution in [0.4, 0.5) is 5.69 Å². The second-order valence-electron chi connectivity index (χ2n) is 5.36. The molecule has 1 rings (SSSR count). The molecule has 0 aliphatic rings. The summed E-state index contributed by atoms with van der Waals surface area (Å²) in [5, 5.41) is 9.78. The standard InChI is InChI=1S/C15H29N5O/c1-5-12-13(16)14(19-18-12)15(21)17-11(4)9-8-10-20(6-2)7-3/h11H,5-10,16H2,1-4H3,(H,17,21)(H,18,19). The first-order chi connectivity index (χ1) is 10.0. The van der Waals surface area contributed by atoms with Gasteiger partial charge in [0.25, 0.3) is 5.91 Å². The van der Waals surface area contributed by atoms with E-state index in [-0.39, 0.29) is 11.9 Å². The van der Waals surface area contributed by atoms with Crippen LogP contribution in [0.3, 0.4) is 0 Å². The maximum atomic E-state index is 12.1. The van der Waals surface area contributed by atoms with Gasteiger partial charge in [-0.05, 0) is 45.8 Å². The SMILES string of the molecule is CCc1[nH]nc(C(=O)NC(C)CCCN(CC)CC)c1N. The molecule has 0 aliphatic heterocycles. The van der Waals surface area contributed by atoms with Crippen LogP contribution in [0.1, 0.15) is 56.7 Å². The quantitative estimate of drug-likeness (QED) is 0.648. The number of nitrogens with zero attached hydrogens (tertiary/aromatic N) is 2. The largest absolute Gasteiger partial charge is 0.395 e. The van der Waals surface area contributed by atoms with Gasteiger partial charge in [-0.25, -0.2) is 0 Å². The molecule has 0 saturated carbocycles. The normalized spacial score (nSPS) is 12.6. The van der Waals surface area contributed by atoms with E-state index in [1.54, 1.807) is 0 Å². The minimum atomic E-state index is -0.196. The van der Waals surface area contributed by atoms with Gasteiger partial charge in [-0.1, -0.05) is 20.8 Å². The smallest absolute Gasteiger partial charge is 0.274 e. The number of aryl methyl sites for hydroxylation is 1. The zero-order chi connectivity index (χ0) is 15.8. The topological polar surface area (TPSA) is 87.0 Å². The lowest BCUT2D eigenvalue weighted by molar-refractivity contribution is 0.0933. The summed E-state index contributed by atoms with van der Waals surface area (Å²) in [4.78, 5) is 14.5. The molecule has 0 fully saturated rings. The summed E-state index contributed by atoms with van der Waals surface area (Å²) in [5.74, 6) is -0.196. The van der Waals surface area contributed by atoms with Crippen LogP contribution in [-0.2, 0) is 6.42 Å².